The molecule has 14 heavy (non-hydrogen) atoms. The Morgan fingerprint density at radius 3 is 2.14 bits per heavy atom. The molecule has 70 valence electrons. The molecule has 2 heteroatoms. The van der Waals surface area contributed by atoms with Gasteiger partial charge in [0, 0.05) is 5.56 Å². The van der Waals surface area contributed by atoms with Gasteiger partial charge < -0.3 is 4.89 Å². The van der Waals surface area contributed by atoms with Gasteiger partial charge in [-0.25, -0.2) is 5.26 Å². The smallest absolute Gasteiger partial charge is 0.172 e. The van der Waals surface area contributed by atoms with E-state index in [0.29, 0.717) is 5.75 Å². The lowest BCUT2D eigenvalue weighted by Gasteiger charge is -2.05. The molecule has 2 nitrogen and oxygen atoms in total. The highest BCUT2D eigenvalue weighted by Crippen LogP contribution is 2.28. The highest BCUT2D eigenvalue weighted by Gasteiger charge is 2.03. The Morgan fingerprint density at radius 1 is 0.786 bits per heavy atom. The topological polar surface area (TPSA) is 29.5 Å². The highest BCUT2D eigenvalue weighted by molar-refractivity contribution is 5.69. The zero-order chi connectivity index (χ0) is 9.80. The van der Waals surface area contributed by atoms with Crippen molar-refractivity contribution in [2.45, 2.75) is 0 Å². The average Bonchev–Trinajstić information content (AvgIpc) is 2.30. The Morgan fingerprint density at radius 2 is 1.43 bits per heavy atom. The molecule has 0 bridgehead atoms. The SMILES string of the molecule is OOc1ccccc1-c1ccccc1. The largest absolute Gasteiger partial charge is 0.340 e. The van der Waals surface area contributed by atoms with Gasteiger partial charge in [0.15, 0.2) is 5.75 Å². The number of hydrogen-bond acceptors (Lipinski definition) is 2. The molecule has 0 aliphatic rings. The minimum atomic E-state index is 0.471. The quantitative estimate of drug-likeness (QED) is 0.576. The van der Waals surface area contributed by atoms with Crippen molar-refractivity contribution in [3.8, 4) is 16.9 Å². The zero-order valence-electron chi connectivity index (χ0n) is 7.55. The maximum Gasteiger partial charge on any atom is 0.172 e. The first-order chi connectivity index (χ1) is 6.92. The third kappa shape index (κ3) is 1.60. The molecule has 2 aromatic rings. The molecular formula is C12H10O2. The Labute approximate surface area is 82.3 Å². The molecular weight excluding hydrogens is 176 g/mol. The summed E-state index contributed by atoms with van der Waals surface area (Å²) in [5.41, 5.74) is 1.91. The summed E-state index contributed by atoms with van der Waals surface area (Å²) in [6.45, 7) is 0. The van der Waals surface area contributed by atoms with Crippen LogP contribution < -0.4 is 4.89 Å². The van der Waals surface area contributed by atoms with Gasteiger partial charge in [-0.3, -0.25) is 0 Å². The summed E-state index contributed by atoms with van der Waals surface area (Å²) in [4.78, 5) is 4.30. The van der Waals surface area contributed by atoms with Crippen LogP contribution >= 0.6 is 0 Å². The molecule has 1 N–H and O–H groups in total. The van der Waals surface area contributed by atoms with E-state index in [2.05, 4.69) is 4.89 Å². The number of benzene rings is 2. The maximum absolute atomic E-state index is 8.68. The fourth-order valence-corrected chi connectivity index (χ4v) is 1.40. The normalized spacial score (nSPS) is 9.79. The predicted molar refractivity (Wildman–Crippen MR) is 55.1 cm³/mol. The van der Waals surface area contributed by atoms with Gasteiger partial charge in [0.2, 0.25) is 0 Å². The molecule has 0 aromatic heterocycles. The lowest BCUT2D eigenvalue weighted by Crippen LogP contribution is -1.87. The van der Waals surface area contributed by atoms with Crippen molar-refractivity contribution in [2.24, 2.45) is 0 Å². The Balaban J connectivity index is 2.51. The fourth-order valence-electron chi connectivity index (χ4n) is 1.40. The van der Waals surface area contributed by atoms with Gasteiger partial charge in [0.05, 0.1) is 0 Å². The Bertz CT molecular complexity index is 410. The lowest BCUT2D eigenvalue weighted by atomic mass is 10.1. The van der Waals surface area contributed by atoms with Crippen LogP contribution in [0.2, 0.25) is 0 Å². The van der Waals surface area contributed by atoms with Gasteiger partial charge in [-0.15, -0.1) is 0 Å². The summed E-state index contributed by atoms with van der Waals surface area (Å²) in [7, 11) is 0. The Hall–Kier alpha value is -1.80. The number of hydrogen-bond donors (Lipinski definition) is 1. The number of para-hydroxylation sites is 1. The molecule has 0 amide bonds. The lowest BCUT2D eigenvalue weighted by molar-refractivity contribution is -0.137. The molecule has 0 unspecified atom stereocenters. The second-order valence-electron chi connectivity index (χ2n) is 2.95. The second kappa shape index (κ2) is 3.94. The van der Waals surface area contributed by atoms with Gasteiger partial charge in [0.25, 0.3) is 0 Å². The number of rotatable bonds is 2. The summed E-state index contributed by atoms with van der Waals surface area (Å²) in [6, 6.07) is 17.1. The minimum absolute atomic E-state index is 0.471. The van der Waals surface area contributed by atoms with E-state index in [0.717, 1.165) is 11.1 Å². The van der Waals surface area contributed by atoms with E-state index in [9.17, 15) is 0 Å². The van der Waals surface area contributed by atoms with Crippen LogP contribution in [0.15, 0.2) is 54.6 Å². The van der Waals surface area contributed by atoms with Crippen LogP contribution in [0.25, 0.3) is 11.1 Å². The van der Waals surface area contributed by atoms with Crippen LogP contribution in [-0.4, -0.2) is 5.26 Å². The summed E-state index contributed by atoms with van der Waals surface area (Å²) in [5, 5.41) is 8.68. The van der Waals surface area contributed by atoms with E-state index in [1.165, 1.54) is 0 Å². The maximum atomic E-state index is 8.68. The van der Waals surface area contributed by atoms with E-state index in [1.807, 2.05) is 48.5 Å². The van der Waals surface area contributed by atoms with Gasteiger partial charge in [-0.2, -0.15) is 0 Å². The molecule has 2 aromatic carbocycles. The van der Waals surface area contributed by atoms with Crippen molar-refractivity contribution >= 4 is 0 Å². The average molecular weight is 186 g/mol. The van der Waals surface area contributed by atoms with Crippen molar-refractivity contribution in [1.29, 1.82) is 0 Å². The van der Waals surface area contributed by atoms with E-state index < -0.39 is 0 Å². The summed E-state index contributed by atoms with van der Waals surface area (Å²) >= 11 is 0. The second-order valence-corrected chi connectivity index (χ2v) is 2.95. The van der Waals surface area contributed by atoms with Crippen LogP contribution in [-0.2, 0) is 0 Å². The van der Waals surface area contributed by atoms with Crippen molar-refractivity contribution in [2.75, 3.05) is 0 Å². The third-order valence-electron chi connectivity index (χ3n) is 2.07. The van der Waals surface area contributed by atoms with E-state index in [4.69, 9.17) is 5.26 Å². The van der Waals surface area contributed by atoms with Gasteiger partial charge in [-0.1, -0.05) is 48.5 Å². The third-order valence-corrected chi connectivity index (χ3v) is 2.07. The predicted octanol–water partition coefficient (Wildman–Crippen LogP) is 3.21. The zero-order valence-corrected chi connectivity index (χ0v) is 7.55. The summed E-state index contributed by atoms with van der Waals surface area (Å²) in [6.07, 6.45) is 0. The summed E-state index contributed by atoms with van der Waals surface area (Å²) < 4.78 is 0. The van der Waals surface area contributed by atoms with Crippen molar-refractivity contribution < 1.29 is 10.1 Å². The van der Waals surface area contributed by atoms with Crippen LogP contribution in [0, 0.1) is 0 Å². The van der Waals surface area contributed by atoms with Gasteiger partial charge in [-0.05, 0) is 11.6 Å². The van der Waals surface area contributed by atoms with E-state index in [-0.39, 0.29) is 0 Å². The molecule has 0 aliphatic heterocycles. The first-order valence-electron chi connectivity index (χ1n) is 4.37. The molecule has 0 heterocycles. The standard InChI is InChI=1S/C12H10O2/c13-14-12-9-5-4-8-11(12)10-6-2-1-3-7-10/h1-9,13H. The molecule has 2 rings (SSSR count). The van der Waals surface area contributed by atoms with Crippen LogP contribution in [0.3, 0.4) is 0 Å². The molecule has 0 saturated heterocycles. The first-order valence-corrected chi connectivity index (χ1v) is 4.37. The minimum Gasteiger partial charge on any atom is -0.340 e. The van der Waals surface area contributed by atoms with E-state index >= 15 is 0 Å². The molecule has 0 atom stereocenters. The van der Waals surface area contributed by atoms with Gasteiger partial charge in [0.1, 0.15) is 0 Å². The van der Waals surface area contributed by atoms with Crippen molar-refractivity contribution in [3.63, 3.8) is 0 Å². The first kappa shape index (κ1) is 8.78. The van der Waals surface area contributed by atoms with Crippen LogP contribution in [0.1, 0.15) is 0 Å². The Kier molecular flexibility index (Phi) is 2.47. The van der Waals surface area contributed by atoms with Crippen LogP contribution in [0.5, 0.6) is 5.75 Å². The molecule has 0 radical (unpaired) electrons. The van der Waals surface area contributed by atoms with Crippen molar-refractivity contribution in [3.05, 3.63) is 54.6 Å². The molecule has 0 fully saturated rings. The fraction of sp³-hybridized carbons (Fsp3) is 0. The molecule has 0 saturated carbocycles. The van der Waals surface area contributed by atoms with Crippen LogP contribution in [0.4, 0.5) is 0 Å². The van der Waals surface area contributed by atoms with Gasteiger partial charge >= 0.3 is 0 Å². The van der Waals surface area contributed by atoms with Crippen molar-refractivity contribution in [1.82, 2.24) is 0 Å². The monoisotopic (exact) mass is 186 g/mol. The van der Waals surface area contributed by atoms with E-state index in [1.54, 1.807) is 6.07 Å². The molecule has 0 spiro atoms. The highest BCUT2D eigenvalue weighted by atomic mass is 17.1. The molecule has 0 aliphatic carbocycles. The summed E-state index contributed by atoms with van der Waals surface area (Å²) in [5.74, 6) is 0.471.